The first kappa shape index (κ1) is 18.0. The largest absolute Gasteiger partial charge is 0.497 e. The quantitative estimate of drug-likeness (QED) is 0.660. The smallest absolute Gasteiger partial charge is 0.322 e. The fraction of sp³-hybridized carbons (Fsp3) is 0.211. The third-order valence-corrected chi connectivity index (χ3v) is 4.87. The van der Waals surface area contributed by atoms with Gasteiger partial charge in [0.2, 0.25) is 11.8 Å². The minimum absolute atomic E-state index is 0.0959. The number of hydrogen-bond acceptors (Lipinski definition) is 6. The number of rotatable bonds is 6. The molecule has 0 atom stereocenters. The van der Waals surface area contributed by atoms with E-state index in [1.54, 1.807) is 7.11 Å². The van der Waals surface area contributed by atoms with E-state index >= 15 is 0 Å². The second-order valence-corrected chi connectivity index (χ2v) is 6.77. The van der Waals surface area contributed by atoms with Crippen LogP contribution in [-0.2, 0) is 4.79 Å². The second kappa shape index (κ2) is 8.05. The molecule has 0 fully saturated rings. The lowest BCUT2D eigenvalue weighted by molar-refractivity contribution is -0.113. The molecule has 26 heavy (non-hydrogen) atoms. The Morgan fingerprint density at radius 2 is 1.88 bits per heavy atom. The number of aryl methyl sites for hydroxylation is 2. The molecule has 3 rings (SSSR count). The number of methoxy groups -OCH3 is 1. The van der Waals surface area contributed by atoms with Crippen LogP contribution in [0.2, 0.25) is 0 Å². The fourth-order valence-corrected chi connectivity index (χ4v) is 2.94. The second-order valence-electron chi connectivity index (χ2n) is 5.72. The summed E-state index contributed by atoms with van der Waals surface area (Å²) in [5.41, 5.74) is 3.16. The molecule has 2 aromatic carbocycles. The molecule has 7 heteroatoms. The van der Waals surface area contributed by atoms with Crippen molar-refractivity contribution in [2.75, 3.05) is 18.2 Å². The van der Waals surface area contributed by atoms with E-state index in [9.17, 15) is 4.79 Å². The number of thioether (sulfide) groups is 1. The zero-order valence-corrected chi connectivity index (χ0v) is 15.6. The number of benzene rings is 2. The maximum Gasteiger partial charge on any atom is 0.322 e. The molecule has 0 saturated heterocycles. The summed E-state index contributed by atoms with van der Waals surface area (Å²) in [4.78, 5) is 13.0. The molecule has 0 aliphatic carbocycles. The van der Waals surface area contributed by atoms with Gasteiger partial charge in [-0.15, -0.1) is 16.9 Å². The van der Waals surface area contributed by atoms with Gasteiger partial charge in [0.15, 0.2) is 0 Å². The lowest BCUT2D eigenvalue weighted by atomic mass is 10.1. The van der Waals surface area contributed by atoms with Crippen molar-refractivity contribution in [3.8, 4) is 17.2 Å². The Labute approximate surface area is 156 Å². The highest BCUT2D eigenvalue weighted by atomic mass is 32.2. The summed E-state index contributed by atoms with van der Waals surface area (Å²) in [5.74, 6) is 1.20. The number of nitrogens with one attached hydrogen (secondary N) is 1. The van der Waals surface area contributed by atoms with Crippen LogP contribution >= 0.6 is 11.8 Å². The van der Waals surface area contributed by atoms with Crippen LogP contribution in [-0.4, -0.2) is 29.0 Å². The lowest BCUT2D eigenvalue weighted by Gasteiger charge is -2.03. The van der Waals surface area contributed by atoms with Crippen LogP contribution in [0.15, 0.2) is 51.8 Å². The number of ether oxygens (including phenoxy) is 1. The first-order chi connectivity index (χ1) is 12.5. The molecule has 0 spiro atoms. The van der Waals surface area contributed by atoms with E-state index in [4.69, 9.17) is 9.15 Å². The molecule has 0 unspecified atom stereocenters. The van der Waals surface area contributed by atoms with Crippen molar-refractivity contribution in [1.82, 2.24) is 10.2 Å². The van der Waals surface area contributed by atoms with E-state index in [0.717, 1.165) is 21.8 Å². The van der Waals surface area contributed by atoms with Crippen molar-refractivity contribution in [3.63, 3.8) is 0 Å². The molecule has 1 aromatic heterocycles. The van der Waals surface area contributed by atoms with Crippen molar-refractivity contribution >= 4 is 23.7 Å². The Hall–Kier alpha value is -2.80. The van der Waals surface area contributed by atoms with E-state index in [0.29, 0.717) is 5.89 Å². The third-order valence-electron chi connectivity index (χ3n) is 3.85. The van der Waals surface area contributed by atoms with Gasteiger partial charge in [0.25, 0.3) is 0 Å². The number of aromatic nitrogens is 2. The molecule has 0 bridgehead atoms. The predicted molar refractivity (Wildman–Crippen MR) is 102 cm³/mol. The van der Waals surface area contributed by atoms with E-state index < -0.39 is 0 Å². The van der Waals surface area contributed by atoms with Crippen LogP contribution in [0.5, 0.6) is 5.75 Å². The molecule has 0 aliphatic rings. The number of nitrogens with zero attached hydrogens (tertiary/aromatic N) is 2. The van der Waals surface area contributed by atoms with Gasteiger partial charge in [-0.1, -0.05) is 11.2 Å². The zero-order chi connectivity index (χ0) is 18.5. The van der Waals surface area contributed by atoms with Gasteiger partial charge >= 0.3 is 6.01 Å². The molecule has 1 heterocycles. The molecular weight excluding hydrogens is 350 g/mol. The molecule has 3 aromatic rings. The SMILES string of the molecule is COc1ccc(SCC(=O)Nc2nnc(-c3ccc(C)c(C)c3)o2)cc1. The average Bonchev–Trinajstić information content (AvgIpc) is 3.11. The number of carbonyl (C=O) groups is 1. The van der Waals surface area contributed by atoms with Crippen molar-refractivity contribution in [1.29, 1.82) is 0 Å². The molecule has 0 aliphatic heterocycles. The maximum atomic E-state index is 12.1. The minimum atomic E-state index is -0.207. The highest BCUT2D eigenvalue weighted by Crippen LogP contribution is 2.23. The molecule has 0 saturated carbocycles. The van der Waals surface area contributed by atoms with Gasteiger partial charge in [0, 0.05) is 10.5 Å². The van der Waals surface area contributed by atoms with Crippen LogP contribution in [0.4, 0.5) is 6.01 Å². The summed E-state index contributed by atoms with van der Waals surface area (Å²) >= 11 is 1.42. The van der Waals surface area contributed by atoms with Gasteiger partial charge < -0.3 is 9.15 Å². The van der Waals surface area contributed by atoms with E-state index in [1.807, 2.05) is 56.3 Å². The van der Waals surface area contributed by atoms with Crippen LogP contribution in [0.1, 0.15) is 11.1 Å². The summed E-state index contributed by atoms with van der Waals surface area (Å²) in [6, 6.07) is 13.5. The third kappa shape index (κ3) is 4.43. The van der Waals surface area contributed by atoms with E-state index in [-0.39, 0.29) is 17.7 Å². The minimum Gasteiger partial charge on any atom is -0.497 e. The Kier molecular flexibility index (Phi) is 5.58. The van der Waals surface area contributed by atoms with Crippen molar-refractivity contribution < 1.29 is 13.9 Å². The summed E-state index contributed by atoms with van der Waals surface area (Å²) in [6.07, 6.45) is 0. The number of hydrogen-bond donors (Lipinski definition) is 1. The van der Waals surface area contributed by atoms with Crippen molar-refractivity contribution in [2.24, 2.45) is 0 Å². The summed E-state index contributed by atoms with van der Waals surface area (Å²) in [5, 5.41) is 10.5. The highest BCUT2D eigenvalue weighted by Gasteiger charge is 2.12. The molecule has 0 radical (unpaired) electrons. The van der Waals surface area contributed by atoms with Gasteiger partial charge in [0.1, 0.15) is 5.75 Å². The van der Waals surface area contributed by atoms with Crippen molar-refractivity contribution in [2.45, 2.75) is 18.7 Å². The monoisotopic (exact) mass is 369 g/mol. The zero-order valence-electron chi connectivity index (χ0n) is 14.8. The van der Waals surface area contributed by atoms with E-state index in [1.165, 1.54) is 17.3 Å². The Morgan fingerprint density at radius 3 is 2.58 bits per heavy atom. The van der Waals surface area contributed by atoms with Gasteiger partial charge in [-0.05, 0) is 61.4 Å². The standard InChI is InChI=1S/C19H19N3O3S/c1-12-4-5-14(10-13(12)2)18-21-22-19(25-18)20-17(23)11-26-16-8-6-15(24-3)7-9-16/h4-10H,11H2,1-3H3,(H,20,22,23). The molecule has 134 valence electrons. The Balaban J connectivity index is 1.57. The lowest BCUT2D eigenvalue weighted by Crippen LogP contribution is -2.14. The van der Waals surface area contributed by atoms with Crippen LogP contribution < -0.4 is 10.1 Å². The van der Waals surface area contributed by atoms with Crippen molar-refractivity contribution in [3.05, 3.63) is 53.6 Å². The molecule has 1 N–H and O–H groups in total. The fourth-order valence-electron chi connectivity index (χ4n) is 2.24. The summed E-state index contributed by atoms with van der Waals surface area (Å²) in [6.45, 7) is 4.06. The van der Waals surface area contributed by atoms with Gasteiger partial charge in [-0.25, -0.2) is 0 Å². The molecular formula is C19H19N3O3S. The van der Waals surface area contributed by atoms with Crippen LogP contribution in [0.3, 0.4) is 0 Å². The first-order valence-electron chi connectivity index (χ1n) is 8.03. The van der Waals surface area contributed by atoms with Crippen LogP contribution in [0.25, 0.3) is 11.5 Å². The molecule has 6 nitrogen and oxygen atoms in total. The van der Waals surface area contributed by atoms with Gasteiger partial charge in [-0.2, -0.15) is 0 Å². The normalized spacial score (nSPS) is 10.6. The summed E-state index contributed by atoms with van der Waals surface area (Å²) in [7, 11) is 1.62. The summed E-state index contributed by atoms with van der Waals surface area (Å²) < 4.78 is 10.6. The average molecular weight is 369 g/mol. The van der Waals surface area contributed by atoms with Gasteiger partial charge in [0.05, 0.1) is 12.9 Å². The molecule has 1 amide bonds. The highest BCUT2D eigenvalue weighted by molar-refractivity contribution is 8.00. The van der Waals surface area contributed by atoms with E-state index in [2.05, 4.69) is 15.5 Å². The van der Waals surface area contributed by atoms with Crippen LogP contribution in [0, 0.1) is 13.8 Å². The number of amides is 1. The predicted octanol–water partition coefficient (Wildman–Crippen LogP) is 4.09. The Morgan fingerprint density at radius 1 is 1.12 bits per heavy atom. The topological polar surface area (TPSA) is 77.2 Å². The first-order valence-corrected chi connectivity index (χ1v) is 9.01. The van der Waals surface area contributed by atoms with Gasteiger partial charge in [-0.3, -0.25) is 10.1 Å². The number of carbonyl (C=O) groups excluding carboxylic acids is 1. The number of anilines is 1. The maximum absolute atomic E-state index is 12.1. The Bertz CT molecular complexity index is 907.